The number of unbranched alkanes of at least 4 members (excludes halogenated alkanes) is 3. The molecule has 0 aliphatic heterocycles. The van der Waals surface area contributed by atoms with Crippen molar-refractivity contribution in [3.05, 3.63) is 33.9 Å². The van der Waals surface area contributed by atoms with Crippen LogP contribution < -0.4 is 4.74 Å². The van der Waals surface area contributed by atoms with E-state index in [9.17, 15) is 9.90 Å². The van der Waals surface area contributed by atoms with Crippen molar-refractivity contribution >= 4 is 32.7 Å². The van der Waals surface area contributed by atoms with Crippen LogP contribution in [0.5, 0.6) is 5.75 Å². The number of carboxylic acid groups (broad SMARTS) is 1. The second-order valence-corrected chi connectivity index (χ2v) is 12.0. The third-order valence-corrected chi connectivity index (χ3v) is 10.3. The maximum absolute atomic E-state index is 11.9. The van der Waals surface area contributed by atoms with Gasteiger partial charge in [0.15, 0.2) is 0 Å². The van der Waals surface area contributed by atoms with Crippen LogP contribution in [0.4, 0.5) is 0 Å². The van der Waals surface area contributed by atoms with Gasteiger partial charge in [-0.1, -0.05) is 0 Å². The predicted octanol–water partition coefficient (Wildman–Crippen LogP) is 6.55. The minimum absolute atomic E-state index is 0.401. The zero-order valence-electron chi connectivity index (χ0n) is 17.5. The van der Waals surface area contributed by atoms with Crippen LogP contribution in [0.25, 0.3) is 5.57 Å². The van der Waals surface area contributed by atoms with Gasteiger partial charge in [-0.05, 0) is 0 Å². The monoisotopic (exact) mass is 480 g/mol. The van der Waals surface area contributed by atoms with Crippen molar-refractivity contribution in [2.45, 2.75) is 82.0 Å². The average molecular weight is 479 g/mol. The Labute approximate surface area is 175 Å². The molecule has 4 heteroatoms. The van der Waals surface area contributed by atoms with Crippen molar-refractivity contribution < 1.29 is 14.6 Å². The fourth-order valence-corrected chi connectivity index (χ4v) is 8.26. The molecule has 3 nitrogen and oxygen atoms in total. The van der Waals surface area contributed by atoms with Crippen LogP contribution in [0, 0.1) is 0 Å². The molecule has 0 bridgehead atoms. The summed E-state index contributed by atoms with van der Waals surface area (Å²) in [5.74, 6) is -0.0527. The number of aliphatic carboxylic acids is 1. The van der Waals surface area contributed by atoms with Crippen LogP contribution in [0.15, 0.2) is 28.4 Å². The summed E-state index contributed by atoms with van der Waals surface area (Å²) in [7, 11) is 1.63. The molecule has 0 aliphatic carbocycles. The maximum atomic E-state index is 11.9. The van der Waals surface area contributed by atoms with Crippen LogP contribution in [-0.2, 0) is 4.79 Å². The average Bonchev–Trinajstić information content (AvgIpc) is 2.69. The van der Waals surface area contributed by atoms with Gasteiger partial charge in [-0.25, -0.2) is 0 Å². The molecule has 1 aromatic carbocycles. The molecule has 0 spiro atoms. The van der Waals surface area contributed by atoms with Crippen molar-refractivity contribution in [1.29, 1.82) is 0 Å². The normalized spacial score (nSPS) is 12.2. The number of rotatable bonds is 14. The summed E-state index contributed by atoms with van der Waals surface area (Å²) < 4.78 is 7.75. The van der Waals surface area contributed by atoms with E-state index in [1.807, 2.05) is 24.3 Å². The Morgan fingerprint density at radius 2 is 1.48 bits per heavy atom. The van der Waals surface area contributed by atoms with Crippen LogP contribution in [0.1, 0.15) is 84.1 Å². The van der Waals surface area contributed by atoms with Crippen molar-refractivity contribution in [2.24, 2.45) is 0 Å². The molecular weight excluding hydrogens is 443 g/mol. The SMILES string of the molecule is CCCC[C](CCCC)(CCCC)[Sn][CH]=C(C(=O)O)c1ccc(OC)cc1. The fourth-order valence-electron chi connectivity index (χ4n) is 3.40. The van der Waals surface area contributed by atoms with E-state index in [1.54, 1.807) is 7.11 Å². The van der Waals surface area contributed by atoms with Gasteiger partial charge in [0.05, 0.1) is 0 Å². The second-order valence-electron chi connectivity index (χ2n) is 7.33. The first kappa shape index (κ1) is 24.1. The molecule has 1 rings (SSSR count). The summed E-state index contributed by atoms with van der Waals surface area (Å²) in [4.78, 5) is 11.9. The summed E-state index contributed by atoms with van der Waals surface area (Å²) in [6, 6.07) is 7.42. The van der Waals surface area contributed by atoms with Gasteiger partial charge in [0.2, 0.25) is 0 Å². The molecule has 1 aromatic rings. The van der Waals surface area contributed by atoms with Gasteiger partial charge in [0.25, 0.3) is 0 Å². The van der Waals surface area contributed by atoms with E-state index in [1.165, 1.54) is 57.8 Å². The van der Waals surface area contributed by atoms with E-state index < -0.39 is 27.1 Å². The molecule has 0 unspecified atom stereocenters. The molecule has 1 N–H and O–H groups in total. The van der Waals surface area contributed by atoms with Gasteiger partial charge >= 0.3 is 176 Å². The van der Waals surface area contributed by atoms with Crippen molar-refractivity contribution in [2.75, 3.05) is 7.11 Å². The Bertz CT molecular complexity index is 556. The first-order valence-corrected chi connectivity index (χ1v) is 13.4. The number of carboxylic acids is 1. The summed E-state index contributed by atoms with van der Waals surface area (Å²) in [6.45, 7) is 6.77. The fraction of sp³-hybridized carbons (Fsp3) is 0.609. The van der Waals surface area contributed by atoms with Gasteiger partial charge in [-0.2, -0.15) is 0 Å². The van der Waals surface area contributed by atoms with Crippen molar-refractivity contribution in [1.82, 2.24) is 0 Å². The van der Waals surface area contributed by atoms with Crippen LogP contribution in [-0.4, -0.2) is 39.3 Å². The number of benzene rings is 1. The Hall–Kier alpha value is -0.971. The van der Waals surface area contributed by atoms with E-state index in [0.29, 0.717) is 9.00 Å². The van der Waals surface area contributed by atoms with E-state index >= 15 is 0 Å². The minimum atomic E-state index is -1.00. The third kappa shape index (κ3) is 8.28. The zero-order chi connectivity index (χ0) is 20.1. The molecule has 0 aromatic heterocycles. The number of carbonyl (C=O) groups is 1. The Morgan fingerprint density at radius 3 is 1.85 bits per heavy atom. The van der Waals surface area contributed by atoms with E-state index in [0.717, 1.165) is 11.3 Å². The molecule has 0 saturated heterocycles. The number of hydrogen-bond donors (Lipinski definition) is 1. The Balaban J connectivity index is 3.12. The second kappa shape index (κ2) is 13.2. The molecule has 0 amide bonds. The van der Waals surface area contributed by atoms with Crippen molar-refractivity contribution in [3.63, 3.8) is 0 Å². The summed E-state index contributed by atoms with van der Waals surface area (Å²) in [5.41, 5.74) is 1.28. The summed E-state index contributed by atoms with van der Waals surface area (Å²) in [6.07, 6.45) is 11.2. The third-order valence-electron chi connectivity index (χ3n) is 5.18. The van der Waals surface area contributed by atoms with Gasteiger partial charge in [-0.15, -0.1) is 0 Å². The van der Waals surface area contributed by atoms with Gasteiger partial charge in [0.1, 0.15) is 0 Å². The number of ether oxygens (including phenoxy) is 1. The first-order chi connectivity index (χ1) is 13.0. The molecule has 0 heterocycles. The summed E-state index contributed by atoms with van der Waals surface area (Å²) in [5, 5.41) is 9.81. The van der Waals surface area contributed by atoms with E-state index in [2.05, 4.69) is 24.9 Å². The molecule has 0 atom stereocenters. The number of hydrogen-bond acceptors (Lipinski definition) is 2. The van der Waals surface area contributed by atoms with Crippen molar-refractivity contribution in [3.8, 4) is 5.75 Å². The summed E-state index contributed by atoms with van der Waals surface area (Å²) >= 11 is -1.00. The van der Waals surface area contributed by atoms with E-state index in [-0.39, 0.29) is 0 Å². The van der Waals surface area contributed by atoms with Gasteiger partial charge in [0, 0.05) is 0 Å². The zero-order valence-corrected chi connectivity index (χ0v) is 20.4. The molecule has 0 aliphatic rings. The molecule has 27 heavy (non-hydrogen) atoms. The molecular formula is C23H36O3Sn. The number of methoxy groups -OCH3 is 1. The quantitative estimate of drug-likeness (QED) is 0.243. The predicted molar refractivity (Wildman–Crippen MR) is 116 cm³/mol. The standard InChI is InChI=1S/C13H27.C10H9O3.Sn/c1-4-7-10-13(11-8-5-2)12-9-6-3;1-7(10(11)12)8-3-5-9(13-2)6-4-8;/h4-12H2,1-3H3;1,3-6H,2H3,(H,11,12);. The van der Waals surface area contributed by atoms with Crippen LogP contribution in [0.2, 0.25) is 3.43 Å². The topological polar surface area (TPSA) is 46.5 Å². The Morgan fingerprint density at radius 1 is 1.00 bits per heavy atom. The van der Waals surface area contributed by atoms with Crippen LogP contribution >= 0.6 is 0 Å². The van der Waals surface area contributed by atoms with E-state index in [4.69, 9.17) is 4.74 Å². The molecule has 150 valence electrons. The molecule has 0 saturated carbocycles. The molecule has 2 radical (unpaired) electrons. The Kier molecular flexibility index (Phi) is 11.8. The van der Waals surface area contributed by atoms with Gasteiger partial charge in [-0.3, -0.25) is 0 Å². The van der Waals surface area contributed by atoms with Crippen LogP contribution in [0.3, 0.4) is 0 Å². The van der Waals surface area contributed by atoms with Gasteiger partial charge < -0.3 is 0 Å². The molecule has 0 fully saturated rings. The first-order valence-electron chi connectivity index (χ1n) is 10.4.